The van der Waals surface area contributed by atoms with Gasteiger partial charge < -0.3 is 19.9 Å². The van der Waals surface area contributed by atoms with Crippen LogP contribution in [0, 0.1) is 0 Å². The molecule has 2 aromatic carbocycles. The summed E-state index contributed by atoms with van der Waals surface area (Å²) >= 11 is 0. The van der Waals surface area contributed by atoms with Gasteiger partial charge in [-0.15, -0.1) is 0 Å². The van der Waals surface area contributed by atoms with Crippen molar-refractivity contribution in [2.24, 2.45) is 4.99 Å². The zero-order valence-corrected chi connectivity index (χ0v) is 20.1. The molecule has 10 nitrogen and oxygen atoms in total. The summed E-state index contributed by atoms with van der Waals surface area (Å²) < 4.78 is 12.6. The average Bonchev–Trinajstić information content (AvgIpc) is 3.28. The maximum atomic E-state index is 12.7. The van der Waals surface area contributed by atoms with E-state index in [1.165, 1.54) is 19.4 Å². The number of aromatic nitrogens is 4. The summed E-state index contributed by atoms with van der Waals surface area (Å²) in [5, 5.41) is 13.6. The number of ether oxygens (including phenoxy) is 2. The van der Waals surface area contributed by atoms with Crippen LogP contribution >= 0.6 is 0 Å². The largest absolute Gasteiger partial charge is 0.506 e. The molecule has 37 heavy (non-hydrogen) atoms. The molecular formula is C27H22N6O4. The zero-order chi connectivity index (χ0) is 25.8. The van der Waals surface area contributed by atoms with Gasteiger partial charge in [-0.1, -0.05) is 42.1 Å². The van der Waals surface area contributed by atoms with Gasteiger partial charge in [-0.3, -0.25) is 9.36 Å². The number of phenolic OH excluding ortho intramolecular Hbond substituents is 1. The summed E-state index contributed by atoms with van der Waals surface area (Å²) in [6, 6.07) is 14.3. The quantitative estimate of drug-likeness (QED) is 0.375. The molecule has 0 unspecified atom stereocenters. The molecule has 0 saturated heterocycles. The predicted octanol–water partition coefficient (Wildman–Crippen LogP) is 3.81. The number of hydrogen-bond donors (Lipinski definition) is 2. The predicted molar refractivity (Wildman–Crippen MR) is 138 cm³/mol. The molecule has 5 rings (SSSR count). The number of amides is 1. The number of fused-ring (bicyclic) bond motifs is 1. The van der Waals surface area contributed by atoms with Crippen LogP contribution in [0.1, 0.15) is 18.3 Å². The molecule has 4 aromatic rings. The lowest BCUT2D eigenvalue weighted by Crippen LogP contribution is -2.15. The number of aliphatic imine (C=N–C) groups is 1. The number of imidazole rings is 1. The summed E-state index contributed by atoms with van der Waals surface area (Å²) in [6.45, 7) is 2.27. The molecule has 1 amide bonds. The van der Waals surface area contributed by atoms with E-state index in [0.717, 1.165) is 5.56 Å². The van der Waals surface area contributed by atoms with E-state index >= 15 is 0 Å². The minimum absolute atomic E-state index is 0.0786. The highest BCUT2D eigenvalue weighted by Crippen LogP contribution is 2.36. The van der Waals surface area contributed by atoms with Crippen molar-refractivity contribution in [2.75, 3.05) is 19.0 Å². The van der Waals surface area contributed by atoms with Crippen molar-refractivity contribution in [1.29, 1.82) is 0 Å². The lowest BCUT2D eigenvalue weighted by atomic mass is 10.1. The minimum Gasteiger partial charge on any atom is -0.506 e. The van der Waals surface area contributed by atoms with E-state index in [1.807, 2.05) is 37.3 Å². The third-order valence-corrected chi connectivity index (χ3v) is 5.38. The SMILES string of the molecule is CCOC1=NC(c2nc3ncc(NC(=O)Cc4ccccc4)nc3n2-c2c(O)cccc2OC)=C=C=C1. The van der Waals surface area contributed by atoms with Gasteiger partial charge in [-0.25, -0.2) is 19.9 Å². The Morgan fingerprint density at radius 3 is 2.76 bits per heavy atom. The normalized spacial score (nSPS) is 12.3. The van der Waals surface area contributed by atoms with Crippen molar-refractivity contribution >= 4 is 34.6 Å². The van der Waals surface area contributed by atoms with Crippen molar-refractivity contribution in [1.82, 2.24) is 19.5 Å². The fraction of sp³-hybridized carbons (Fsp3) is 0.148. The fourth-order valence-corrected chi connectivity index (χ4v) is 3.82. The molecule has 0 atom stereocenters. The van der Waals surface area contributed by atoms with Gasteiger partial charge in [0.15, 0.2) is 28.6 Å². The first-order chi connectivity index (χ1) is 18.1. The highest BCUT2D eigenvalue weighted by atomic mass is 16.5. The van der Waals surface area contributed by atoms with E-state index in [2.05, 4.69) is 36.7 Å². The van der Waals surface area contributed by atoms with Gasteiger partial charge in [-0.05, 0) is 30.4 Å². The van der Waals surface area contributed by atoms with Crippen molar-refractivity contribution in [3.63, 3.8) is 0 Å². The number of carbonyl (C=O) groups is 1. The van der Waals surface area contributed by atoms with E-state index in [-0.39, 0.29) is 46.7 Å². The highest BCUT2D eigenvalue weighted by Gasteiger charge is 2.24. The van der Waals surface area contributed by atoms with Gasteiger partial charge >= 0.3 is 0 Å². The van der Waals surface area contributed by atoms with Crippen molar-refractivity contribution in [2.45, 2.75) is 13.3 Å². The summed E-state index contributed by atoms with van der Waals surface area (Å²) in [5.41, 5.74) is 7.80. The number of para-hydroxylation sites is 1. The number of methoxy groups -OCH3 is 1. The van der Waals surface area contributed by atoms with Crippen LogP contribution < -0.4 is 10.1 Å². The molecule has 0 bridgehead atoms. The van der Waals surface area contributed by atoms with Crippen LogP contribution in [0.3, 0.4) is 0 Å². The van der Waals surface area contributed by atoms with Gasteiger partial charge in [0.1, 0.15) is 17.2 Å². The van der Waals surface area contributed by atoms with Gasteiger partial charge in [0.05, 0.1) is 32.4 Å². The Balaban J connectivity index is 1.64. The summed E-state index contributed by atoms with van der Waals surface area (Å²) in [5.74, 6) is 0.882. The Kier molecular flexibility index (Phi) is 6.50. The number of anilines is 1. The molecule has 0 saturated carbocycles. The third kappa shape index (κ3) is 4.83. The lowest BCUT2D eigenvalue weighted by molar-refractivity contribution is -0.115. The van der Waals surface area contributed by atoms with Gasteiger partial charge in [-0.2, -0.15) is 0 Å². The number of aromatic hydroxyl groups is 1. The summed E-state index contributed by atoms with van der Waals surface area (Å²) in [6.07, 6.45) is 3.17. The van der Waals surface area contributed by atoms with Crippen LogP contribution in [-0.2, 0) is 16.0 Å². The first-order valence-corrected chi connectivity index (χ1v) is 11.5. The van der Waals surface area contributed by atoms with Gasteiger partial charge in [0.2, 0.25) is 11.8 Å². The molecule has 0 aliphatic carbocycles. The monoisotopic (exact) mass is 494 g/mol. The zero-order valence-electron chi connectivity index (χ0n) is 20.1. The Bertz CT molecular complexity index is 1630. The Morgan fingerprint density at radius 2 is 1.97 bits per heavy atom. The van der Waals surface area contributed by atoms with E-state index < -0.39 is 0 Å². The molecule has 0 radical (unpaired) electrons. The number of nitrogens with one attached hydrogen (secondary N) is 1. The molecule has 1 aliphatic rings. The highest BCUT2D eigenvalue weighted by molar-refractivity contribution is 5.94. The van der Waals surface area contributed by atoms with Crippen molar-refractivity contribution in [3.8, 4) is 17.2 Å². The lowest BCUT2D eigenvalue weighted by Gasteiger charge is -2.14. The second-order valence-electron chi connectivity index (χ2n) is 7.86. The Hall–Kier alpha value is -5.17. The molecule has 2 N–H and O–H groups in total. The van der Waals surface area contributed by atoms with Crippen molar-refractivity contribution in [3.05, 3.63) is 83.7 Å². The topological polar surface area (TPSA) is 124 Å². The van der Waals surface area contributed by atoms with E-state index in [1.54, 1.807) is 22.8 Å². The molecule has 1 aliphatic heterocycles. The van der Waals surface area contributed by atoms with Crippen molar-refractivity contribution < 1.29 is 19.4 Å². The van der Waals surface area contributed by atoms with Gasteiger partial charge in [0, 0.05) is 0 Å². The number of carbonyl (C=O) groups excluding carboxylic acids is 1. The summed E-state index contributed by atoms with van der Waals surface area (Å²) in [4.78, 5) is 30.8. The minimum atomic E-state index is -0.250. The van der Waals surface area contributed by atoms with Crippen LogP contribution in [0.4, 0.5) is 5.82 Å². The first-order valence-electron chi connectivity index (χ1n) is 11.5. The summed E-state index contributed by atoms with van der Waals surface area (Å²) in [7, 11) is 1.49. The van der Waals surface area contributed by atoms with Crippen LogP contribution in [0.15, 0.2) is 77.3 Å². The van der Waals surface area contributed by atoms with Crippen LogP contribution in [0.5, 0.6) is 11.5 Å². The molecular weight excluding hydrogens is 472 g/mol. The molecule has 0 fully saturated rings. The smallest absolute Gasteiger partial charge is 0.229 e. The maximum absolute atomic E-state index is 12.7. The number of hydrogen-bond acceptors (Lipinski definition) is 8. The standard InChI is InChI=1S/C27H22N6O4/c1-3-37-23-14-7-11-18(29-23)26-32-25-27(33(26)24-19(34)12-8-13-20(24)36-2)31-21(16-28-25)30-22(35)15-17-9-5-4-6-10-17/h4-6,8-10,12-14,16,34H,3,15H2,1-2H3,(H,30,31,35). The van der Waals surface area contributed by atoms with Gasteiger partial charge in [0.25, 0.3) is 0 Å². The maximum Gasteiger partial charge on any atom is 0.229 e. The molecule has 2 aromatic heterocycles. The Morgan fingerprint density at radius 1 is 1.14 bits per heavy atom. The molecule has 184 valence electrons. The second-order valence-corrected chi connectivity index (χ2v) is 7.86. The number of rotatable bonds is 7. The number of phenols is 1. The Labute approximate surface area is 212 Å². The van der Waals surface area contributed by atoms with Crippen LogP contribution in [0.2, 0.25) is 0 Å². The second kappa shape index (κ2) is 10.2. The van der Waals surface area contributed by atoms with E-state index in [4.69, 9.17) is 9.47 Å². The molecule has 3 heterocycles. The van der Waals surface area contributed by atoms with Crippen LogP contribution in [-0.4, -0.2) is 50.1 Å². The third-order valence-electron chi connectivity index (χ3n) is 5.38. The average molecular weight is 495 g/mol. The first kappa shape index (κ1) is 23.6. The van der Waals surface area contributed by atoms with Crippen LogP contribution in [0.25, 0.3) is 22.7 Å². The van der Waals surface area contributed by atoms with E-state index in [9.17, 15) is 9.90 Å². The fourth-order valence-electron chi connectivity index (χ4n) is 3.82. The molecule has 0 spiro atoms. The van der Waals surface area contributed by atoms with E-state index in [0.29, 0.717) is 24.0 Å². The molecule has 10 heteroatoms. The number of benzene rings is 2. The number of nitrogens with zero attached hydrogens (tertiary/aromatic N) is 5.